The first-order valence-corrected chi connectivity index (χ1v) is 5.11. The molecular weight excluding hydrogens is 224 g/mol. The van der Waals surface area contributed by atoms with E-state index in [4.69, 9.17) is 9.84 Å². The number of carboxylic acids is 1. The van der Waals surface area contributed by atoms with E-state index in [9.17, 15) is 14.4 Å². The zero-order valence-corrected chi connectivity index (χ0v) is 8.88. The maximum Gasteiger partial charge on any atom is 0.317 e. The Morgan fingerprint density at radius 1 is 1.35 bits per heavy atom. The van der Waals surface area contributed by atoms with Gasteiger partial charge in [0.1, 0.15) is 6.42 Å². The molecule has 0 heterocycles. The van der Waals surface area contributed by atoms with Crippen LogP contribution in [-0.2, 0) is 20.7 Å². The van der Waals surface area contributed by atoms with Crippen molar-refractivity contribution in [2.24, 2.45) is 0 Å². The molecule has 1 aromatic rings. The molecule has 1 N–H and O–H groups in total. The summed E-state index contributed by atoms with van der Waals surface area (Å²) in [6.07, 6.45) is -1.28. The molecule has 0 radical (unpaired) electrons. The van der Waals surface area contributed by atoms with Crippen LogP contribution in [0.25, 0.3) is 0 Å². The summed E-state index contributed by atoms with van der Waals surface area (Å²) in [4.78, 5) is 33.2. The molecule has 88 valence electrons. The average Bonchev–Trinajstić information content (AvgIpc) is 2.55. The highest BCUT2D eigenvalue weighted by atomic mass is 16.5. The Labute approximate surface area is 97.0 Å². The highest BCUT2D eigenvalue weighted by Gasteiger charge is 2.33. The van der Waals surface area contributed by atoms with Crippen LogP contribution in [0.2, 0.25) is 0 Å². The lowest BCUT2D eigenvalue weighted by Crippen LogP contribution is -2.25. The third kappa shape index (κ3) is 2.33. The fourth-order valence-corrected chi connectivity index (χ4v) is 1.82. The number of fused-ring (bicyclic) bond motifs is 1. The number of aliphatic carboxylic acids is 1. The second-order valence-corrected chi connectivity index (χ2v) is 3.77. The first-order chi connectivity index (χ1) is 8.08. The van der Waals surface area contributed by atoms with Gasteiger partial charge in [0, 0.05) is 12.0 Å². The lowest BCUT2D eigenvalue weighted by atomic mass is 10.1. The fraction of sp³-hybridized carbons (Fsp3) is 0.250. The second-order valence-electron chi connectivity index (χ2n) is 3.77. The van der Waals surface area contributed by atoms with Crippen LogP contribution in [0.1, 0.15) is 22.3 Å². The minimum absolute atomic E-state index is 0.265. The van der Waals surface area contributed by atoms with Gasteiger partial charge >= 0.3 is 11.9 Å². The summed E-state index contributed by atoms with van der Waals surface area (Å²) < 4.78 is 4.85. The molecule has 1 unspecified atom stereocenters. The molecule has 17 heavy (non-hydrogen) atoms. The molecular formula is C12H10O5. The maximum atomic E-state index is 11.8. The van der Waals surface area contributed by atoms with Gasteiger partial charge in [0.25, 0.3) is 0 Å². The Balaban J connectivity index is 2.05. The van der Waals surface area contributed by atoms with Crippen LogP contribution in [0.15, 0.2) is 24.3 Å². The van der Waals surface area contributed by atoms with Gasteiger partial charge < -0.3 is 9.84 Å². The maximum absolute atomic E-state index is 11.8. The van der Waals surface area contributed by atoms with Crippen LogP contribution < -0.4 is 0 Å². The van der Waals surface area contributed by atoms with Crippen LogP contribution >= 0.6 is 0 Å². The Bertz CT molecular complexity index is 491. The zero-order valence-electron chi connectivity index (χ0n) is 8.88. The molecule has 5 nitrogen and oxygen atoms in total. The fourth-order valence-electron chi connectivity index (χ4n) is 1.82. The molecule has 1 aliphatic rings. The normalized spacial score (nSPS) is 17.6. The molecule has 1 atom stereocenters. The van der Waals surface area contributed by atoms with Crippen molar-refractivity contribution >= 4 is 17.7 Å². The Kier molecular flexibility index (Phi) is 2.91. The van der Waals surface area contributed by atoms with Gasteiger partial charge in [0.05, 0.1) is 0 Å². The number of ketones is 1. The van der Waals surface area contributed by atoms with E-state index in [1.54, 1.807) is 24.3 Å². The van der Waals surface area contributed by atoms with E-state index < -0.39 is 24.5 Å². The molecule has 0 aliphatic heterocycles. The Hall–Kier alpha value is -2.17. The van der Waals surface area contributed by atoms with Crippen molar-refractivity contribution in [2.45, 2.75) is 18.9 Å². The average molecular weight is 234 g/mol. The Morgan fingerprint density at radius 2 is 2.06 bits per heavy atom. The number of benzene rings is 1. The number of Topliss-reactive ketones (excluding diaryl/α,β-unsaturated/α-hetero) is 1. The molecule has 0 saturated heterocycles. The van der Waals surface area contributed by atoms with Gasteiger partial charge in [-0.1, -0.05) is 24.3 Å². The van der Waals surface area contributed by atoms with E-state index in [-0.39, 0.29) is 5.78 Å². The molecule has 0 bridgehead atoms. The summed E-state index contributed by atoms with van der Waals surface area (Å²) in [6, 6.07) is 6.99. The van der Waals surface area contributed by atoms with Gasteiger partial charge in [-0.05, 0) is 5.56 Å². The topological polar surface area (TPSA) is 80.7 Å². The number of carbonyl (C=O) groups excluding carboxylic acids is 2. The van der Waals surface area contributed by atoms with E-state index >= 15 is 0 Å². The molecule has 0 amide bonds. The van der Waals surface area contributed by atoms with Crippen molar-refractivity contribution in [1.29, 1.82) is 0 Å². The van der Waals surface area contributed by atoms with Crippen LogP contribution in [0.3, 0.4) is 0 Å². The molecule has 1 aromatic carbocycles. The first-order valence-electron chi connectivity index (χ1n) is 5.11. The van der Waals surface area contributed by atoms with Crippen molar-refractivity contribution in [3.63, 3.8) is 0 Å². The van der Waals surface area contributed by atoms with Gasteiger partial charge in [0.2, 0.25) is 5.78 Å². The van der Waals surface area contributed by atoms with E-state index in [0.717, 1.165) is 5.56 Å². The quantitative estimate of drug-likeness (QED) is 0.618. The molecule has 0 spiro atoms. The van der Waals surface area contributed by atoms with Gasteiger partial charge in [-0.3, -0.25) is 14.4 Å². The number of ether oxygens (including phenoxy) is 1. The molecule has 1 aliphatic carbocycles. The Morgan fingerprint density at radius 3 is 2.71 bits per heavy atom. The largest absolute Gasteiger partial charge is 0.481 e. The molecule has 0 aromatic heterocycles. The number of esters is 1. The summed E-state index contributed by atoms with van der Waals surface area (Å²) >= 11 is 0. The number of rotatable bonds is 3. The minimum Gasteiger partial charge on any atom is -0.481 e. The third-order valence-corrected chi connectivity index (χ3v) is 2.55. The summed E-state index contributed by atoms with van der Waals surface area (Å²) in [5.41, 5.74) is 1.37. The number of hydrogen-bond acceptors (Lipinski definition) is 4. The van der Waals surface area contributed by atoms with E-state index in [1.807, 2.05) is 0 Å². The molecule has 0 saturated carbocycles. The van der Waals surface area contributed by atoms with Crippen molar-refractivity contribution in [3.05, 3.63) is 35.4 Å². The molecule has 0 fully saturated rings. The van der Waals surface area contributed by atoms with Crippen LogP contribution in [0, 0.1) is 0 Å². The van der Waals surface area contributed by atoms with E-state index in [1.165, 1.54) is 0 Å². The highest BCUT2D eigenvalue weighted by Crippen LogP contribution is 2.24. The lowest BCUT2D eigenvalue weighted by Gasteiger charge is -2.08. The lowest BCUT2D eigenvalue weighted by molar-refractivity contribution is -0.153. The summed E-state index contributed by atoms with van der Waals surface area (Å²) in [5, 5.41) is 8.41. The van der Waals surface area contributed by atoms with Crippen molar-refractivity contribution in [3.8, 4) is 0 Å². The molecule has 5 heteroatoms. The monoisotopic (exact) mass is 234 g/mol. The summed E-state index contributed by atoms with van der Waals surface area (Å²) in [6.45, 7) is 0. The van der Waals surface area contributed by atoms with Gasteiger partial charge in [-0.25, -0.2) is 0 Å². The number of carbonyl (C=O) groups is 3. The predicted molar refractivity (Wildman–Crippen MR) is 56.6 cm³/mol. The minimum atomic E-state index is -1.27. The summed E-state index contributed by atoms with van der Waals surface area (Å²) in [7, 11) is 0. The first kappa shape index (κ1) is 11.3. The van der Waals surface area contributed by atoms with Crippen LogP contribution in [0.5, 0.6) is 0 Å². The zero-order chi connectivity index (χ0) is 12.4. The smallest absolute Gasteiger partial charge is 0.317 e. The SMILES string of the molecule is O=C(O)CC(=O)OC1Cc2ccccc2C1=O. The van der Waals surface area contributed by atoms with Crippen LogP contribution in [0.4, 0.5) is 0 Å². The second kappa shape index (κ2) is 4.37. The van der Waals surface area contributed by atoms with Crippen molar-refractivity contribution < 1.29 is 24.2 Å². The van der Waals surface area contributed by atoms with Crippen LogP contribution in [-0.4, -0.2) is 28.9 Å². The van der Waals surface area contributed by atoms with E-state index in [0.29, 0.717) is 12.0 Å². The molecule has 2 rings (SSSR count). The van der Waals surface area contributed by atoms with Crippen molar-refractivity contribution in [1.82, 2.24) is 0 Å². The number of hydrogen-bond donors (Lipinski definition) is 1. The van der Waals surface area contributed by atoms with Gasteiger partial charge in [0.15, 0.2) is 6.10 Å². The predicted octanol–water partition coefficient (Wildman–Crippen LogP) is 0.812. The van der Waals surface area contributed by atoms with Crippen molar-refractivity contribution in [2.75, 3.05) is 0 Å². The van der Waals surface area contributed by atoms with E-state index in [2.05, 4.69) is 0 Å². The van der Waals surface area contributed by atoms with Gasteiger partial charge in [-0.2, -0.15) is 0 Å². The third-order valence-electron chi connectivity index (χ3n) is 2.55. The number of carboxylic acid groups (broad SMARTS) is 1. The highest BCUT2D eigenvalue weighted by molar-refractivity contribution is 6.05. The summed E-state index contributed by atoms with van der Waals surface area (Å²) in [5.74, 6) is -2.42. The standard InChI is InChI=1S/C12H10O5/c13-10(14)6-11(15)17-9-5-7-3-1-2-4-8(7)12(9)16/h1-4,9H,5-6H2,(H,13,14). The van der Waals surface area contributed by atoms with Gasteiger partial charge in [-0.15, -0.1) is 0 Å².